The van der Waals surface area contributed by atoms with E-state index < -0.39 is 0 Å². The summed E-state index contributed by atoms with van der Waals surface area (Å²) in [5.74, 6) is 0. The Morgan fingerprint density at radius 1 is 0.963 bits per heavy atom. The van der Waals surface area contributed by atoms with Crippen molar-refractivity contribution in [2.45, 2.75) is 67.3 Å². The quantitative estimate of drug-likeness (QED) is 0.570. The molecule has 0 saturated heterocycles. The molecule has 0 aliphatic rings. The van der Waals surface area contributed by atoms with E-state index in [4.69, 9.17) is 4.98 Å². The molecule has 0 amide bonds. The predicted molar refractivity (Wildman–Crippen MR) is 118 cm³/mol. The van der Waals surface area contributed by atoms with Gasteiger partial charge in [0.15, 0.2) is 0 Å². The fourth-order valence-corrected chi connectivity index (χ4v) is 4.37. The Kier molecular flexibility index (Phi) is 5.32. The maximum Gasteiger partial charge on any atom is 0.0986 e. The molecule has 0 aliphatic carbocycles. The predicted octanol–water partition coefficient (Wildman–Crippen LogP) is 6.38. The second-order valence-electron chi connectivity index (χ2n) is 7.96. The normalized spacial score (nSPS) is 11.6. The van der Waals surface area contributed by atoms with Gasteiger partial charge >= 0.3 is 0 Å². The number of nitrogens with one attached hydrogen (secondary N) is 1. The zero-order valence-electron chi connectivity index (χ0n) is 18.1. The highest BCUT2D eigenvalue weighted by Gasteiger charge is 2.21. The van der Waals surface area contributed by atoms with Gasteiger partial charge in [0.05, 0.1) is 11.2 Å². The monoisotopic (exact) mass is 363 g/mol. The number of aromatic nitrogens is 2. The molecule has 1 N–H and O–H groups in total. The van der Waals surface area contributed by atoms with Gasteiger partial charge in [-0.25, -0.2) is 0 Å². The summed E-state index contributed by atoms with van der Waals surface area (Å²) >= 11 is 0. The highest BCUT2D eigenvalue weighted by atomic mass is 15.0. The average molecular weight is 364 g/mol. The summed E-state index contributed by atoms with van der Waals surface area (Å²) in [4.78, 5) is 5.00. The Bertz CT molecular complexity index is 968. The first kappa shape index (κ1) is 19.5. The van der Waals surface area contributed by atoms with Crippen LogP contribution >= 0.6 is 0 Å². The second kappa shape index (κ2) is 7.38. The summed E-state index contributed by atoms with van der Waals surface area (Å²) in [6.45, 7) is 15.4. The second-order valence-corrected chi connectivity index (χ2v) is 7.96. The third kappa shape index (κ3) is 3.36. The van der Waals surface area contributed by atoms with Gasteiger partial charge in [-0.1, -0.05) is 31.5 Å². The average Bonchev–Trinajstić information content (AvgIpc) is 2.83. The molecule has 3 rings (SSSR count). The smallest absolute Gasteiger partial charge is 0.0986 e. The molecule has 1 aromatic carbocycles. The SMILES string of the molecule is CCC(CC)Nc1cc(C)nc2c(-c3c(C)cc(C)cc3C)n(C)c(C)c12. The van der Waals surface area contributed by atoms with Crippen LogP contribution in [0, 0.1) is 34.6 Å². The molecule has 0 atom stereocenters. The molecule has 0 saturated carbocycles. The van der Waals surface area contributed by atoms with Crippen molar-refractivity contribution in [3.63, 3.8) is 0 Å². The first-order valence-electron chi connectivity index (χ1n) is 10.1. The third-order valence-electron chi connectivity index (χ3n) is 5.83. The molecule has 0 bridgehead atoms. The number of fused-ring (bicyclic) bond motifs is 1. The Hall–Kier alpha value is -2.29. The van der Waals surface area contributed by atoms with Gasteiger partial charge in [-0.3, -0.25) is 4.98 Å². The van der Waals surface area contributed by atoms with Crippen LogP contribution in [0.3, 0.4) is 0 Å². The van der Waals surface area contributed by atoms with E-state index in [1.807, 2.05) is 0 Å². The van der Waals surface area contributed by atoms with Gasteiger partial charge in [-0.2, -0.15) is 0 Å². The van der Waals surface area contributed by atoms with Crippen LogP contribution in [0.2, 0.25) is 0 Å². The van der Waals surface area contributed by atoms with Crippen molar-refractivity contribution < 1.29 is 0 Å². The van der Waals surface area contributed by atoms with Gasteiger partial charge in [0.25, 0.3) is 0 Å². The van der Waals surface area contributed by atoms with E-state index in [0.29, 0.717) is 6.04 Å². The van der Waals surface area contributed by atoms with Gasteiger partial charge in [0.1, 0.15) is 0 Å². The molecule has 2 aromatic heterocycles. The van der Waals surface area contributed by atoms with E-state index in [-0.39, 0.29) is 0 Å². The van der Waals surface area contributed by atoms with Crippen molar-refractivity contribution in [1.82, 2.24) is 9.55 Å². The summed E-state index contributed by atoms with van der Waals surface area (Å²) in [6.07, 6.45) is 2.24. The van der Waals surface area contributed by atoms with Gasteiger partial charge in [-0.15, -0.1) is 0 Å². The van der Waals surface area contributed by atoms with Crippen LogP contribution in [0.25, 0.3) is 22.2 Å². The summed E-state index contributed by atoms with van der Waals surface area (Å²) < 4.78 is 2.32. The summed E-state index contributed by atoms with van der Waals surface area (Å²) in [5.41, 5.74) is 11.1. The zero-order chi connectivity index (χ0) is 19.9. The van der Waals surface area contributed by atoms with Crippen molar-refractivity contribution in [3.05, 3.63) is 46.3 Å². The minimum atomic E-state index is 0.487. The highest BCUT2D eigenvalue weighted by Crippen LogP contribution is 2.39. The van der Waals surface area contributed by atoms with E-state index in [0.717, 1.165) is 24.1 Å². The lowest BCUT2D eigenvalue weighted by Gasteiger charge is -2.18. The topological polar surface area (TPSA) is 29.9 Å². The number of anilines is 1. The molecule has 0 aliphatic heterocycles. The lowest BCUT2D eigenvalue weighted by Crippen LogP contribution is -2.17. The summed E-state index contributed by atoms with van der Waals surface area (Å²) in [6, 6.07) is 7.23. The van der Waals surface area contributed by atoms with E-state index >= 15 is 0 Å². The third-order valence-corrected chi connectivity index (χ3v) is 5.83. The Labute approximate surface area is 163 Å². The van der Waals surface area contributed by atoms with Crippen LogP contribution in [0.4, 0.5) is 5.69 Å². The van der Waals surface area contributed by atoms with Gasteiger partial charge in [-0.05, 0) is 64.7 Å². The van der Waals surface area contributed by atoms with Crippen LogP contribution in [-0.2, 0) is 7.05 Å². The summed E-state index contributed by atoms with van der Waals surface area (Å²) in [5, 5.41) is 5.03. The number of aryl methyl sites for hydroxylation is 5. The fraction of sp³-hybridized carbons (Fsp3) is 0.458. The van der Waals surface area contributed by atoms with Crippen molar-refractivity contribution in [1.29, 1.82) is 0 Å². The van der Waals surface area contributed by atoms with Crippen LogP contribution in [0.1, 0.15) is 54.8 Å². The maximum absolute atomic E-state index is 5.00. The molecule has 0 unspecified atom stereocenters. The number of pyridine rings is 1. The molecule has 0 spiro atoms. The van der Waals surface area contributed by atoms with E-state index in [1.165, 1.54) is 44.7 Å². The molecule has 2 heterocycles. The number of benzene rings is 1. The van der Waals surface area contributed by atoms with E-state index in [2.05, 4.69) is 83.6 Å². The lowest BCUT2D eigenvalue weighted by atomic mass is 9.96. The number of hydrogen-bond acceptors (Lipinski definition) is 2. The van der Waals surface area contributed by atoms with Crippen LogP contribution in [-0.4, -0.2) is 15.6 Å². The Balaban J connectivity index is 2.34. The maximum atomic E-state index is 5.00. The lowest BCUT2D eigenvalue weighted by molar-refractivity contribution is 0.672. The number of rotatable bonds is 5. The Morgan fingerprint density at radius 2 is 1.56 bits per heavy atom. The van der Waals surface area contributed by atoms with Crippen LogP contribution in [0.15, 0.2) is 18.2 Å². The molecule has 3 aromatic rings. The highest BCUT2D eigenvalue weighted by molar-refractivity contribution is 6.03. The summed E-state index contributed by atoms with van der Waals surface area (Å²) in [7, 11) is 2.17. The van der Waals surface area contributed by atoms with Crippen LogP contribution < -0.4 is 5.32 Å². The van der Waals surface area contributed by atoms with E-state index in [1.54, 1.807) is 0 Å². The molecule has 27 heavy (non-hydrogen) atoms. The molecular weight excluding hydrogens is 330 g/mol. The van der Waals surface area contributed by atoms with E-state index in [9.17, 15) is 0 Å². The van der Waals surface area contributed by atoms with Gasteiger partial charge in [0.2, 0.25) is 0 Å². The molecular formula is C24H33N3. The minimum absolute atomic E-state index is 0.487. The minimum Gasteiger partial charge on any atom is -0.382 e. The molecule has 3 nitrogen and oxygen atoms in total. The number of hydrogen-bond donors (Lipinski definition) is 1. The fourth-order valence-electron chi connectivity index (χ4n) is 4.37. The molecule has 0 radical (unpaired) electrons. The first-order chi connectivity index (χ1) is 12.8. The first-order valence-corrected chi connectivity index (χ1v) is 10.1. The van der Waals surface area contributed by atoms with Gasteiger partial charge < -0.3 is 9.88 Å². The van der Waals surface area contributed by atoms with Crippen molar-refractivity contribution in [3.8, 4) is 11.3 Å². The van der Waals surface area contributed by atoms with Crippen molar-refractivity contribution >= 4 is 16.6 Å². The van der Waals surface area contributed by atoms with Crippen LogP contribution in [0.5, 0.6) is 0 Å². The Morgan fingerprint density at radius 3 is 2.11 bits per heavy atom. The van der Waals surface area contributed by atoms with Crippen molar-refractivity contribution in [2.24, 2.45) is 7.05 Å². The standard InChI is InChI=1S/C24H33N3/c1-9-19(10-2)26-20-13-17(6)25-23-22(20)18(7)27(8)24(23)21-15(4)11-14(3)12-16(21)5/h11-13,19,26H,9-10H2,1-8H3. The molecule has 0 fully saturated rings. The van der Waals surface area contributed by atoms with Gasteiger partial charge in [0, 0.05) is 41.1 Å². The van der Waals surface area contributed by atoms with Crippen molar-refractivity contribution in [2.75, 3.05) is 5.32 Å². The largest absolute Gasteiger partial charge is 0.382 e. The molecule has 144 valence electrons. The zero-order valence-corrected chi connectivity index (χ0v) is 18.1. The molecule has 3 heteroatoms. The number of nitrogens with zero attached hydrogens (tertiary/aromatic N) is 2.